The van der Waals surface area contributed by atoms with Gasteiger partial charge in [0.05, 0.1) is 11.6 Å². The Morgan fingerprint density at radius 3 is 2.10 bits per heavy atom. The molecule has 0 N–H and O–H groups in total. The molecular weight excluding hydrogens is 153 g/mol. The maximum absolute atomic E-state index is 8.35. The van der Waals surface area contributed by atoms with Crippen molar-refractivity contribution in [2.45, 2.75) is 4.90 Å². The van der Waals surface area contributed by atoms with Gasteiger partial charge in [-0.3, -0.25) is 0 Å². The van der Waals surface area contributed by atoms with Crippen LogP contribution in [0.1, 0.15) is 5.56 Å². The summed E-state index contributed by atoms with van der Waals surface area (Å²) in [7, 11) is 0. The first-order valence-electron chi connectivity index (χ1n) is 2.52. The van der Waals surface area contributed by atoms with Crippen LogP contribution in [0.5, 0.6) is 0 Å². The molecule has 1 aromatic rings. The zero-order valence-corrected chi connectivity index (χ0v) is 8.60. The molecule has 0 fully saturated rings. The quantitative estimate of drug-likeness (QED) is 0.374. The van der Waals surface area contributed by atoms with Gasteiger partial charge in [-0.1, -0.05) is 0 Å². The van der Waals surface area contributed by atoms with E-state index in [2.05, 4.69) is 12.6 Å². The molecule has 1 nitrogen and oxygen atoms in total. The smallest absolute Gasteiger partial charge is 0.192 e. The predicted octanol–water partition coefficient (Wildman–Crippen LogP) is -1.15. The molecule has 0 aliphatic heterocycles. The van der Waals surface area contributed by atoms with E-state index < -0.39 is 0 Å². The van der Waals surface area contributed by atoms with Crippen molar-refractivity contribution in [2.75, 3.05) is 0 Å². The second-order valence-corrected chi connectivity index (χ2v) is 2.18. The molecule has 0 heterocycles. The van der Waals surface area contributed by atoms with E-state index in [0.29, 0.717) is 5.56 Å². The average molecular weight is 158 g/mol. The summed E-state index contributed by atoms with van der Waals surface area (Å²) in [6.07, 6.45) is 0. The molecule has 10 heavy (non-hydrogen) atoms. The molecule has 0 aliphatic rings. The number of hydrogen-bond donors (Lipinski definition) is 1. The van der Waals surface area contributed by atoms with Gasteiger partial charge >= 0.3 is 29.6 Å². The minimum absolute atomic E-state index is 0. The number of nitrogens with zero attached hydrogens (tertiary/aromatic N) is 1. The molecule has 0 aromatic heterocycles. The summed E-state index contributed by atoms with van der Waals surface area (Å²) in [5, 5.41) is 8.35. The van der Waals surface area contributed by atoms with E-state index in [1.807, 2.05) is 6.07 Å². The summed E-state index contributed by atoms with van der Waals surface area (Å²) in [5.74, 6) is 0. The van der Waals surface area contributed by atoms with Gasteiger partial charge in [0.1, 0.15) is 0 Å². The minimum Gasteiger partial charge on any atom is -0.192 e. The van der Waals surface area contributed by atoms with E-state index in [9.17, 15) is 0 Å². The average Bonchev–Trinajstić information content (AvgIpc) is 1.90. The Morgan fingerprint density at radius 1 is 1.20 bits per heavy atom. The Kier molecular flexibility index (Phi) is 4.84. The van der Waals surface area contributed by atoms with Crippen molar-refractivity contribution in [3.8, 4) is 6.07 Å². The molecule has 1 aromatic carbocycles. The molecule has 0 saturated carbocycles. The number of thiol groups is 1. The van der Waals surface area contributed by atoms with Gasteiger partial charge in [0.2, 0.25) is 0 Å². The fourth-order valence-electron chi connectivity index (χ4n) is 0.536. The number of hydrogen-bond acceptors (Lipinski definition) is 2. The second-order valence-electron chi connectivity index (χ2n) is 1.66. The van der Waals surface area contributed by atoms with Crippen molar-refractivity contribution < 1.29 is 29.6 Å². The van der Waals surface area contributed by atoms with Crippen molar-refractivity contribution in [1.29, 1.82) is 5.26 Å². The third-order valence-electron chi connectivity index (χ3n) is 0.996. The van der Waals surface area contributed by atoms with Gasteiger partial charge in [0.25, 0.3) is 0 Å². The first-order valence-corrected chi connectivity index (χ1v) is 2.97. The molecule has 44 valence electrons. The minimum atomic E-state index is 0. The maximum Gasteiger partial charge on any atom is 1.00 e. The topological polar surface area (TPSA) is 23.8 Å². The van der Waals surface area contributed by atoms with Crippen LogP contribution in [0.25, 0.3) is 0 Å². The molecular formula is C7H5NNaS+. The van der Waals surface area contributed by atoms with E-state index >= 15 is 0 Å². The van der Waals surface area contributed by atoms with Crippen molar-refractivity contribution in [1.82, 2.24) is 0 Å². The van der Waals surface area contributed by atoms with E-state index in [4.69, 9.17) is 5.26 Å². The molecule has 0 aliphatic carbocycles. The number of rotatable bonds is 0. The van der Waals surface area contributed by atoms with Gasteiger partial charge in [-0.15, -0.1) is 12.6 Å². The van der Waals surface area contributed by atoms with Crippen LogP contribution in [0.15, 0.2) is 29.2 Å². The normalized spacial score (nSPS) is 7.60. The maximum atomic E-state index is 8.35. The monoisotopic (exact) mass is 158 g/mol. The van der Waals surface area contributed by atoms with Gasteiger partial charge in [-0.2, -0.15) is 5.26 Å². The number of nitriles is 1. The molecule has 0 saturated heterocycles. The summed E-state index contributed by atoms with van der Waals surface area (Å²) in [6.45, 7) is 0. The Morgan fingerprint density at radius 2 is 1.70 bits per heavy atom. The predicted molar refractivity (Wildman–Crippen MR) is 38.4 cm³/mol. The van der Waals surface area contributed by atoms with Crippen molar-refractivity contribution in [2.24, 2.45) is 0 Å². The van der Waals surface area contributed by atoms with E-state index in [1.165, 1.54) is 0 Å². The van der Waals surface area contributed by atoms with Gasteiger partial charge in [-0.05, 0) is 24.3 Å². The third kappa shape index (κ3) is 2.76. The first-order chi connectivity index (χ1) is 4.33. The van der Waals surface area contributed by atoms with E-state index in [1.54, 1.807) is 24.3 Å². The molecule has 0 bridgehead atoms. The third-order valence-corrected chi connectivity index (χ3v) is 1.29. The fourth-order valence-corrected chi connectivity index (χ4v) is 0.685. The van der Waals surface area contributed by atoms with E-state index in [-0.39, 0.29) is 29.6 Å². The van der Waals surface area contributed by atoms with Gasteiger partial charge in [-0.25, -0.2) is 0 Å². The standard InChI is InChI=1S/C7H5NS.Na/c8-5-6-1-3-7(9)4-2-6;/h1-4,9H;/q;+1. The molecule has 3 heteroatoms. The zero-order chi connectivity index (χ0) is 6.69. The van der Waals surface area contributed by atoms with Gasteiger partial charge in [0, 0.05) is 4.90 Å². The zero-order valence-electron chi connectivity index (χ0n) is 5.70. The molecule has 0 amide bonds. The Bertz CT molecular complexity index is 237. The van der Waals surface area contributed by atoms with Gasteiger partial charge in [0.15, 0.2) is 0 Å². The Balaban J connectivity index is 0.000000810. The summed E-state index contributed by atoms with van der Waals surface area (Å²) < 4.78 is 0. The van der Waals surface area contributed by atoms with E-state index in [0.717, 1.165) is 4.90 Å². The Labute approximate surface area is 87.8 Å². The van der Waals surface area contributed by atoms with Crippen LogP contribution in [-0.4, -0.2) is 0 Å². The van der Waals surface area contributed by atoms with Crippen LogP contribution in [0.3, 0.4) is 0 Å². The van der Waals surface area contributed by atoms with Gasteiger partial charge < -0.3 is 0 Å². The summed E-state index contributed by atoms with van der Waals surface area (Å²) in [4.78, 5) is 0.883. The largest absolute Gasteiger partial charge is 1.00 e. The molecule has 0 radical (unpaired) electrons. The van der Waals surface area contributed by atoms with Crippen molar-refractivity contribution in [3.63, 3.8) is 0 Å². The summed E-state index contributed by atoms with van der Waals surface area (Å²) in [6, 6.07) is 9.08. The fraction of sp³-hybridized carbons (Fsp3) is 0. The van der Waals surface area contributed by atoms with Crippen LogP contribution < -0.4 is 29.6 Å². The first kappa shape index (κ1) is 10.1. The summed E-state index contributed by atoms with van der Waals surface area (Å²) in [5.41, 5.74) is 0.674. The molecule has 0 atom stereocenters. The molecule has 1 rings (SSSR count). The number of benzene rings is 1. The van der Waals surface area contributed by atoms with Crippen molar-refractivity contribution in [3.05, 3.63) is 29.8 Å². The van der Waals surface area contributed by atoms with Crippen LogP contribution >= 0.6 is 12.6 Å². The van der Waals surface area contributed by atoms with Crippen molar-refractivity contribution >= 4 is 12.6 Å². The van der Waals surface area contributed by atoms with Crippen LogP contribution in [0.2, 0.25) is 0 Å². The van der Waals surface area contributed by atoms with Crippen LogP contribution in [0.4, 0.5) is 0 Å². The van der Waals surface area contributed by atoms with Crippen LogP contribution in [-0.2, 0) is 0 Å². The van der Waals surface area contributed by atoms with Crippen LogP contribution in [0, 0.1) is 11.3 Å². The molecule has 0 spiro atoms. The summed E-state index contributed by atoms with van der Waals surface area (Å²) >= 11 is 4.06. The SMILES string of the molecule is N#Cc1ccc(S)cc1.[Na+]. The Hall–Kier alpha value is 0.0600. The molecule has 0 unspecified atom stereocenters. The second kappa shape index (κ2) is 4.81.